The van der Waals surface area contributed by atoms with Gasteiger partial charge in [0.15, 0.2) is 0 Å². The van der Waals surface area contributed by atoms with Gasteiger partial charge < -0.3 is 9.47 Å². The number of imidazole rings is 1. The van der Waals surface area contributed by atoms with Crippen molar-refractivity contribution in [3.63, 3.8) is 0 Å². The Bertz CT molecular complexity index is 1340. The van der Waals surface area contributed by atoms with Crippen LogP contribution in [-0.4, -0.2) is 35.3 Å². The molecule has 6 nitrogen and oxygen atoms in total. The highest BCUT2D eigenvalue weighted by atomic mass is 32.2. The number of amides is 1. The third kappa shape index (κ3) is 5.75. The van der Waals surface area contributed by atoms with Gasteiger partial charge in [0.25, 0.3) is 5.91 Å². The molecule has 190 valence electrons. The predicted octanol–water partition coefficient (Wildman–Crippen LogP) is 5.64. The van der Waals surface area contributed by atoms with Crippen LogP contribution < -0.4 is 0 Å². The highest BCUT2D eigenvalue weighted by molar-refractivity contribution is 7.90. The predicted molar refractivity (Wildman–Crippen MR) is 138 cm³/mol. The van der Waals surface area contributed by atoms with E-state index in [-0.39, 0.29) is 35.6 Å². The second-order valence-corrected chi connectivity index (χ2v) is 11.3. The lowest BCUT2D eigenvalue weighted by Crippen LogP contribution is -2.33. The van der Waals surface area contributed by atoms with E-state index in [1.807, 2.05) is 29.7 Å². The summed E-state index contributed by atoms with van der Waals surface area (Å²) in [5.74, 6) is -1.23. The first-order chi connectivity index (χ1) is 17.3. The first-order valence-electron chi connectivity index (χ1n) is 12.3. The van der Waals surface area contributed by atoms with Crippen LogP contribution in [0.5, 0.6) is 0 Å². The first kappa shape index (κ1) is 25.8. The van der Waals surface area contributed by atoms with E-state index in [2.05, 4.69) is 11.6 Å². The average molecular weight is 510 g/mol. The van der Waals surface area contributed by atoms with Crippen LogP contribution in [0.1, 0.15) is 65.3 Å². The van der Waals surface area contributed by atoms with Crippen molar-refractivity contribution in [1.29, 1.82) is 0 Å². The van der Waals surface area contributed by atoms with Gasteiger partial charge in [-0.05, 0) is 37.5 Å². The minimum absolute atomic E-state index is 0.0207. The number of hydrogen-bond acceptors (Lipinski definition) is 4. The molecule has 0 unspecified atom stereocenters. The molecule has 0 atom stereocenters. The lowest BCUT2D eigenvalue weighted by atomic mass is 9.95. The standard InChI is InChI=1S/C28H32FN3O3S/c1-3-16-31(27(33)25-14-7-8-15-26(25)29)19-24-18-30-28(32(24)23-12-5-4-6-13-23)36(34,35)20-22-11-9-10-21(2)17-22/h3,7-11,14-15,17-18,23H,1,4-6,12-13,16,19-20H2,2H3. The second kappa shape index (κ2) is 11.2. The summed E-state index contributed by atoms with van der Waals surface area (Å²) in [6, 6.07) is 13.3. The lowest BCUT2D eigenvalue weighted by molar-refractivity contribution is 0.0752. The fourth-order valence-electron chi connectivity index (χ4n) is 4.92. The largest absolute Gasteiger partial charge is 0.329 e. The van der Waals surface area contributed by atoms with Gasteiger partial charge in [-0.1, -0.05) is 67.3 Å². The van der Waals surface area contributed by atoms with Crippen molar-refractivity contribution < 1.29 is 17.6 Å². The fourth-order valence-corrected chi connectivity index (χ4v) is 6.44. The molecular formula is C28H32FN3O3S. The molecule has 2 aromatic carbocycles. The van der Waals surface area contributed by atoms with Crippen LogP contribution in [-0.2, 0) is 22.1 Å². The number of aryl methyl sites for hydroxylation is 1. The molecule has 0 saturated heterocycles. The van der Waals surface area contributed by atoms with Crippen LogP contribution in [0.25, 0.3) is 0 Å². The van der Waals surface area contributed by atoms with Gasteiger partial charge in [0, 0.05) is 12.6 Å². The van der Waals surface area contributed by atoms with Crippen molar-refractivity contribution in [3.05, 3.63) is 95.6 Å². The summed E-state index contributed by atoms with van der Waals surface area (Å²) in [6.07, 6.45) is 7.94. The van der Waals surface area contributed by atoms with Crippen molar-refractivity contribution in [2.45, 2.75) is 62.5 Å². The van der Waals surface area contributed by atoms with Gasteiger partial charge in [0.05, 0.1) is 29.8 Å². The zero-order chi connectivity index (χ0) is 25.7. The Morgan fingerprint density at radius 3 is 2.61 bits per heavy atom. The molecule has 0 aliphatic heterocycles. The molecule has 1 fully saturated rings. The molecule has 0 N–H and O–H groups in total. The van der Waals surface area contributed by atoms with Crippen LogP contribution in [0.4, 0.5) is 4.39 Å². The van der Waals surface area contributed by atoms with Crippen molar-refractivity contribution >= 4 is 15.7 Å². The highest BCUT2D eigenvalue weighted by Gasteiger charge is 2.30. The molecule has 1 aliphatic carbocycles. The minimum Gasteiger partial charge on any atom is -0.329 e. The van der Waals surface area contributed by atoms with Gasteiger partial charge in [0.2, 0.25) is 15.0 Å². The van der Waals surface area contributed by atoms with Gasteiger partial charge in [0.1, 0.15) is 5.82 Å². The van der Waals surface area contributed by atoms with Gasteiger partial charge in [-0.15, -0.1) is 6.58 Å². The molecule has 1 amide bonds. The summed E-state index contributed by atoms with van der Waals surface area (Å²) in [7, 11) is -3.75. The Kier molecular flexibility index (Phi) is 8.04. The van der Waals surface area contributed by atoms with E-state index in [0.717, 1.165) is 37.7 Å². The van der Waals surface area contributed by atoms with Gasteiger partial charge in [-0.2, -0.15) is 0 Å². The Balaban J connectivity index is 1.71. The number of hydrogen-bond donors (Lipinski definition) is 0. The number of carbonyl (C=O) groups is 1. The monoisotopic (exact) mass is 509 g/mol. The molecule has 1 aromatic heterocycles. The van der Waals surface area contributed by atoms with Gasteiger partial charge in [-0.25, -0.2) is 17.8 Å². The van der Waals surface area contributed by atoms with E-state index in [1.54, 1.807) is 24.4 Å². The summed E-state index contributed by atoms with van der Waals surface area (Å²) in [6.45, 7) is 5.96. The maximum atomic E-state index is 14.4. The van der Waals surface area contributed by atoms with E-state index >= 15 is 0 Å². The number of carbonyl (C=O) groups excluding carboxylic acids is 1. The topological polar surface area (TPSA) is 72.3 Å². The zero-order valence-corrected chi connectivity index (χ0v) is 21.4. The van der Waals surface area contributed by atoms with E-state index in [0.29, 0.717) is 11.3 Å². The van der Waals surface area contributed by atoms with Crippen molar-refractivity contribution in [2.24, 2.45) is 0 Å². The Hall–Kier alpha value is -3.26. The number of rotatable bonds is 9. The quantitative estimate of drug-likeness (QED) is 0.350. The molecule has 1 aliphatic rings. The van der Waals surface area contributed by atoms with Crippen LogP contribution in [0.2, 0.25) is 0 Å². The summed E-state index contributed by atoms with van der Waals surface area (Å²) >= 11 is 0. The SMILES string of the molecule is C=CCN(Cc1cnc(S(=O)(=O)Cc2cccc(C)c2)n1C1CCCCC1)C(=O)c1ccccc1F. The van der Waals surface area contributed by atoms with E-state index in [9.17, 15) is 17.6 Å². The summed E-state index contributed by atoms with van der Waals surface area (Å²) in [4.78, 5) is 19.1. The molecular weight excluding hydrogens is 477 g/mol. The molecule has 3 aromatic rings. The van der Waals surface area contributed by atoms with Crippen LogP contribution in [0.15, 0.2) is 72.5 Å². The molecule has 1 saturated carbocycles. The number of nitrogens with zero attached hydrogens (tertiary/aromatic N) is 3. The summed E-state index contributed by atoms with van der Waals surface area (Å²) < 4.78 is 43.3. The number of aromatic nitrogens is 2. The zero-order valence-electron chi connectivity index (χ0n) is 20.6. The molecule has 0 spiro atoms. The Morgan fingerprint density at radius 2 is 1.92 bits per heavy atom. The van der Waals surface area contributed by atoms with Gasteiger partial charge >= 0.3 is 0 Å². The molecule has 8 heteroatoms. The fraction of sp³-hybridized carbons (Fsp3) is 0.357. The number of benzene rings is 2. The molecule has 4 rings (SSSR count). The van der Waals surface area contributed by atoms with Crippen LogP contribution in [0.3, 0.4) is 0 Å². The van der Waals surface area contributed by atoms with E-state index < -0.39 is 21.6 Å². The van der Waals surface area contributed by atoms with Crippen LogP contribution in [0, 0.1) is 12.7 Å². The summed E-state index contributed by atoms with van der Waals surface area (Å²) in [5.41, 5.74) is 2.29. The van der Waals surface area contributed by atoms with Crippen molar-refractivity contribution in [2.75, 3.05) is 6.54 Å². The third-order valence-corrected chi connectivity index (χ3v) is 8.16. The number of sulfone groups is 1. The maximum absolute atomic E-state index is 14.4. The molecule has 0 radical (unpaired) electrons. The van der Waals surface area contributed by atoms with E-state index in [4.69, 9.17) is 0 Å². The Morgan fingerprint density at radius 1 is 1.17 bits per heavy atom. The van der Waals surface area contributed by atoms with Crippen molar-refractivity contribution in [1.82, 2.24) is 14.5 Å². The normalized spacial score (nSPS) is 14.5. The average Bonchev–Trinajstić information content (AvgIpc) is 3.29. The molecule has 1 heterocycles. The minimum atomic E-state index is -3.75. The first-order valence-corrected chi connectivity index (χ1v) is 13.9. The third-order valence-electron chi connectivity index (χ3n) is 6.59. The van der Waals surface area contributed by atoms with Crippen LogP contribution >= 0.6 is 0 Å². The molecule has 0 bridgehead atoms. The maximum Gasteiger partial charge on any atom is 0.257 e. The van der Waals surface area contributed by atoms with Crippen molar-refractivity contribution in [3.8, 4) is 0 Å². The highest BCUT2D eigenvalue weighted by Crippen LogP contribution is 2.33. The summed E-state index contributed by atoms with van der Waals surface area (Å²) in [5, 5.41) is 0.0304. The second-order valence-electron chi connectivity index (χ2n) is 9.40. The van der Waals surface area contributed by atoms with E-state index in [1.165, 1.54) is 23.1 Å². The lowest BCUT2D eigenvalue weighted by Gasteiger charge is -2.28. The molecule has 36 heavy (non-hydrogen) atoms. The van der Waals surface area contributed by atoms with Gasteiger partial charge in [-0.3, -0.25) is 4.79 Å². The smallest absolute Gasteiger partial charge is 0.257 e. The Labute approximate surface area is 212 Å². The number of halogens is 1.